The number of nitrogens with one attached hydrogen (secondary N) is 1. The molecule has 0 saturated carbocycles. The Morgan fingerprint density at radius 2 is 1.57 bits per heavy atom. The number of hydrogen-bond acceptors (Lipinski definition) is 2. The van der Waals surface area contributed by atoms with Crippen LogP contribution in [0.5, 0.6) is 5.75 Å². The third-order valence-corrected chi connectivity index (χ3v) is 4.85. The molecular formula is C24H24FNO2. The molecule has 1 atom stereocenters. The molecule has 0 bridgehead atoms. The Hall–Kier alpha value is -3.14. The van der Waals surface area contributed by atoms with E-state index in [1.54, 1.807) is 19.1 Å². The Labute approximate surface area is 165 Å². The second-order valence-electron chi connectivity index (χ2n) is 7.28. The van der Waals surface area contributed by atoms with Crippen molar-refractivity contribution in [2.24, 2.45) is 0 Å². The van der Waals surface area contributed by atoms with Gasteiger partial charge in [-0.15, -0.1) is 0 Å². The minimum Gasteiger partial charge on any atom is -0.481 e. The molecule has 1 amide bonds. The second kappa shape index (κ2) is 8.26. The van der Waals surface area contributed by atoms with E-state index in [0.29, 0.717) is 11.4 Å². The van der Waals surface area contributed by atoms with E-state index in [9.17, 15) is 9.18 Å². The summed E-state index contributed by atoms with van der Waals surface area (Å²) in [5.74, 6) is -0.128. The molecule has 1 N–H and O–H groups in total. The molecule has 0 spiro atoms. The van der Waals surface area contributed by atoms with Gasteiger partial charge in [0.25, 0.3) is 5.91 Å². The maximum absolute atomic E-state index is 13.2. The Morgan fingerprint density at radius 3 is 2.21 bits per heavy atom. The van der Waals surface area contributed by atoms with Crippen molar-refractivity contribution in [1.82, 2.24) is 0 Å². The van der Waals surface area contributed by atoms with E-state index >= 15 is 0 Å². The summed E-state index contributed by atoms with van der Waals surface area (Å²) in [5, 5.41) is 2.66. The Balaban J connectivity index is 1.66. The molecule has 0 aliphatic carbocycles. The number of benzene rings is 3. The minimum absolute atomic E-state index is 0.139. The van der Waals surface area contributed by atoms with Crippen molar-refractivity contribution in [2.45, 2.75) is 32.3 Å². The van der Waals surface area contributed by atoms with E-state index in [1.165, 1.54) is 17.7 Å². The predicted molar refractivity (Wildman–Crippen MR) is 110 cm³/mol. The number of carbonyl (C=O) groups excluding carboxylic acids is 1. The van der Waals surface area contributed by atoms with Crippen LogP contribution in [-0.4, -0.2) is 12.0 Å². The zero-order chi connectivity index (χ0) is 20.1. The summed E-state index contributed by atoms with van der Waals surface area (Å²) < 4.78 is 19.0. The third kappa shape index (κ3) is 4.58. The molecule has 0 saturated heterocycles. The topological polar surface area (TPSA) is 38.3 Å². The van der Waals surface area contributed by atoms with E-state index < -0.39 is 11.9 Å². The van der Waals surface area contributed by atoms with Gasteiger partial charge in [0.15, 0.2) is 6.10 Å². The Kier molecular flexibility index (Phi) is 5.78. The van der Waals surface area contributed by atoms with Gasteiger partial charge in [-0.1, -0.05) is 62.4 Å². The molecule has 3 rings (SSSR count). The summed E-state index contributed by atoms with van der Waals surface area (Å²) in [6.07, 6.45) is -0.712. The summed E-state index contributed by atoms with van der Waals surface area (Å²) >= 11 is 0. The fourth-order valence-corrected chi connectivity index (χ4v) is 3.04. The highest BCUT2D eigenvalue weighted by molar-refractivity contribution is 5.94. The minimum atomic E-state index is -0.712. The summed E-state index contributed by atoms with van der Waals surface area (Å²) in [5.41, 5.74) is 2.65. The number of rotatable bonds is 6. The smallest absolute Gasteiger partial charge is 0.265 e. The van der Waals surface area contributed by atoms with Gasteiger partial charge in [0.05, 0.1) is 0 Å². The van der Waals surface area contributed by atoms with E-state index in [0.717, 1.165) is 5.56 Å². The molecule has 4 heteroatoms. The lowest BCUT2D eigenvalue weighted by atomic mass is 9.78. The lowest BCUT2D eigenvalue weighted by Crippen LogP contribution is -2.30. The van der Waals surface area contributed by atoms with Crippen LogP contribution in [-0.2, 0) is 10.2 Å². The van der Waals surface area contributed by atoms with Crippen molar-refractivity contribution in [3.63, 3.8) is 0 Å². The molecule has 1 unspecified atom stereocenters. The fourth-order valence-electron chi connectivity index (χ4n) is 3.04. The first kappa shape index (κ1) is 19.6. The molecule has 0 aliphatic heterocycles. The molecule has 0 radical (unpaired) electrons. The zero-order valence-corrected chi connectivity index (χ0v) is 16.3. The summed E-state index contributed by atoms with van der Waals surface area (Å²) in [6, 6.07) is 23.8. The van der Waals surface area contributed by atoms with Crippen LogP contribution in [0.15, 0.2) is 78.9 Å². The van der Waals surface area contributed by atoms with Crippen molar-refractivity contribution >= 4 is 11.6 Å². The number of hydrogen-bond donors (Lipinski definition) is 1. The average Bonchev–Trinajstić information content (AvgIpc) is 2.69. The van der Waals surface area contributed by atoms with Gasteiger partial charge in [-0.25, -0.2) is 4.39 Å². The van der Waals surface area contributed by atoms with Crippen molar-refractivity contribution in [2.75, 3.05) is 5.32 Å². The number of anilines is 1. The molecule has 28 heavy (non-hydrogen) atoms. The van der Waals surface area contributed by atoms with E-state index in [-0.39, 0.29) is 11.3 Å². The van der Waals surface area contributed by atoms with Gasteiger partial charge in [0.2, 0.25) is 0 Å². The van der Waals surface area contributed by atoms with Crippen LogP contribution in [0.1, 0.15) is 31.9 Å². The lowest BCUT2D eigenvalue weighted by Gasteiger charge is -2.26. The van der Waals surface area contributed by atoms with Crippen LogP contribution in [0.2, 0.25) is 0 Å². The lowest BCUT2D eigenvalue weighted by molar-refractivity contribution is -0.122. The van der Waals surface area contributed by atoms with Crippen molar-refractivity contribution in [1.29, 1.82) is 0 Å². The van der Waals surface area contributed by atoms with Gasteiger partial charge in [-0.05, 0) is 48.4 Å². The predicted octanol–water partition coefficient (Wildman–Crippen LogP) is 5.56. The number of ether oxygens (including phenoxy) is 1. The van der Waals surface area contributed by atoms with Crippen LogP contribution in [0.3, 0.4) is 0 Å². The molecular weight excluding hydrogens is 353 g/mol. The highest BCUT2D eigenvalue weighted by Crippen LogP contribution is 2.32. The van der Waals surface area contributed by atoms with E-state index in [2.05, 4.69) is 31.3 Å². The van der Waals surface area contributed by atoms with Crippen LogP contribution >= 0.6 is 0 Å². The maximum Gasteiger partial charge on any atom is 0.265 e. The maximum atomic E-state index is 13.2. The van der Waals surface area contributed by atoms with Crippen LogP contribution in [0.25, 0.3) is 0 Å². The molecule has 0 aliphatic rings. The van der Waals surface area contributed by atoms with Gasteiger partial charge in [0, 0.05) is 11.1 Å². The van der Waals surface area contributed by atoms with Gasteiger partial charge in [0.1, 0.15) is 11.6 Å². The third-order valence-electron chi connectivity index (χ3n) is 4.85. The zero-order valence-electron chi connectivity index (χ0n) is 16.3. The van der Waals surface area contributed by atoms with Crippen molar-refractivity contribution in [3.05, 3.63) is 95.8 Å². The monoisotopic (exact) mass is 377 g/mol. The normalized spacial score (nSPS) is 12.3. The van der Waals surface area contributed by atoms with Crippen molar-refractivity contribution in [3.8, 4) is 5.75 Å². The van der Waals surface area contributed by atoms with Gasteiger partial charge in [-0.2, -0.15) is 0 Å². The number of halogens is 1. The molecule has 3 nitrogen and oxygen atoms in total. The molecule has 3 aromatic rings. The average molecular weight is 377 g/mol. The fraction of sp³-hybridized carbons (Fsp3) is 0.208. The number of carbonyl (C=O) groups is 1. The molecule has 0 aromatic heterocycles. The van der Waals surface area contributed by atoms with Crippen molar-refractivity contribution < 1.29 is 13.9 Å². The highest BCUT2D eigenvalue weighted by Gasteiger charge is 2.23. The van der Waals surface area contributed by atoms with Crippen LogP contribution in [0, 0.1) is 5.82 Å². The first-order valence-electron chi connectivity index (χ1n) is 9.25. The van der Waals surface area contributed by atoms with Gasteiger partial charge in [-0.3, -0.25) is 4.79 Å². The summed E-state index contributed by atoms with van der Waals surface area (Å²) in [4.78, 5) is 12.3. The highest BCUT2D eigenvalue weighted by atomic mass is 19.1. The van der Waals surface area contributed by atoms with Crippen LogP contribution in [0.4, 0.5) is 10.1 Å². The van der Waals surface area contributed by atoms with Crippen LogP contribution < -0.4 is 10.1 Å². The SMILES string of the molecule is CC(Oc1ccc(C(C)(C)c2ccccc2)cc1)C(=O)Nc1cccc(F)c1. The standard InChI is InChI=1S/C24H24FNO2/c1-17(23(27)26-21-11-7-10-20(25)16-21)28-22-14-12-19(13-15-22)24(2,3)18-8-5-4-6-9-18/h4-17H,1-3H3,(H,26,27). The second-order valence-corrected chi connectivity index (χ2v) is 7.28. The van der Waals surface area contributed by atoms with E-state index in [4.69, 9.17) is 4.74 Å². The first-order chi connectivity index (χ1) is 13.4. The van der Waals surface area contributed by atoms with E-state index in [1.807, 2.05) is 42.5 Å². The Morgan fingerprint density at radius 1 is 0.929 bits per heavy atom. The molecule has 3 aromatic carbocycles. The first-order valence-corrected chi connectivity index (χ1v) is 9.25. The van der Waals surface area contributed by atoms with Gasteiger partial charge < -0.3 is 10.1 Å². The summed E-state index contributed by atoms with van der Waals surface area (Å²) in [6.45, 7) is 6.01. The summed E-state index contributed by atoms with van der Waals surface area (Å²) in [7, 11) is 0. The Bertz CT molecular complexity index is 936. The quantitative estimate of drug-likeness (QED) is 0.611. The largest absolute Gasteiger partial charge is 0.481 e. The molecule has 144 valence electrons. The molecule has 0 heterocycles. The molecule has 0 fully saturated rings. The number of amides is 1. The van der Waals surface area contributed by atoms with Gasteiger partial charge >= 0.3 is 0 Å².